The van der Waals surface area contributed by atoms with Crippen LogP contribution in [0.4, 0.5) is 4.39 Å². The lowest BCUT2D eigenvalue weighted by Gasteiger charge is -2.64. The zero-order valence-electron chi connectivity index (χ0n) is 16.2. The molecule has 0 aromatic rings. The number of halogens is 2. The molecular formula is C21H26ClFO5. The Morgan fingerprint density at radius 1 is 1.29 bits per heavy atom. The lowest BCUT2D eigenvalue weighted by molar-refractivity contribution is -0.195. The largest absolute Gasteiger partial charge is 0.479 e. The van der Waals surface area contributed by atoms with Crippen LogP contribution in [0.3, 0.4) is 0 Å². The molecule has 3 N–H and O–H groups in total. The molecule has 0 aromatic heterocycles. The molecule has 7 heteroatoms. The summed E-state index contributed by atoms with van der Waals surface area (Å²) in [5.41, 5.74) is -3.95. The van der Waals surface area contributed by atoms with Crippen LogP contribution >= 0.6 is 11.6 Å². The number of aliphatic hydroxyl groups excluding tert-OH is 1. The van der Waals surface area contributed by atoms with Crippen molar-refractivity contribution in [2.45, 2.75) is 62.8 Å². The van der Waals surface area contributed by atoms with Crippen LogP contribution in [0.15, 0.2) is 23.8 Å². The number of carboxylic acid groups (broad SMARTS) is 1. The van der Waals surface area contributed by atoms with Gasteiger partial charge in [-0.2, -0.15) is 0 Å². The van der Waals surface area contributed by atoms with E-state index in [1.807, 2.05) is 0 Å². The highest BCUT2D eigenvalue weighted by Gasteiger charge is 2.75. The number of allylic oxidation sites excluding steroid dienone is 4. The Labute approximate surface area is 168 Å². The van der Waals surface area contributed by atoms with Crippen LogP contribution in [0.1, 0.15) is 40.0 Å². The van der Waals surface area contributed by atoms with Gasteiger partial charge in [0.25, 0.3) is 0 Å². The summed E-state index contributed by atoms with van der Waals surface area (Å²) in [6, 6.07) is 0. The molecule has 0 aliphatic heterocycles. The van der Waals surface area contributed by atoms with E-state index in [4.69, 9.17) is 11.6 Å². The predicted molar refractivity (Wildman–Crippen MR) is 101 cm³/mol. The number of aliphatic hydroxyl groups is 2. The van der Waals surface area contributed by atoms with Gasteiger partial charge in [-0.05, 0) is 54.7 Å². The third kappa shape index (κ3) is 1.99. The van der Waals surface area contributed by atoms with E-state index in [9.17, 15) is 24.9 Å². The molecule has 3 fully saturated rings. The quantitative estimate of drug-likeness (QED) is 0.575. The van der Waals surface area contributed by atoms with Crippen molar-refractivity contribution in [3.8, 4) is 0 Å². The van der Waals surface area contributed by atoms with Crippen LogP contribution in [0.5, 0.6) is 0 Å². The number of ketones is 1. The summed E-state index contributed by atoms with van der Waals surface area (Å²) in [7, 11) is 0. The fourth-order valence-corrected chi connectivity index (χ4v) is 7.49. The fraction of sp³-hybridized carbons (Fsp3) is 0.714. The minimum absolute atomic E-state index is 0.00752. The first-order valence-corrected chi connectivity index (χ1v) is 10.1. The number of carbonyl (C=O) groups is 2. The molecule has 0 spiro atoms. The van der Waals surface area contributed by atoms with E-state index in [0.717, 1.165) is 0 Å². The van der Waals surface area contributed by atoms with Crippen LogP contribution in [0.25, 0.3) is 0 Å². The van der Waals surface area contributed by atoms with Crippen LogP contribution in [0, 0.1) is 28.6 Å². The number of aliphatic carboxylic acids is 1. The number of hydrogen-bond donors (Lipinski definition) is 3. The predicted octanol–water partition coefficient (Wildman–Crippen LogP) is 2.64. The smallest absolute Gasteiger partial charge is 0.336 e. The molecular weight excluding hydrogens is 387 g/mol. The summed E-state index contributed by atoms with van der Waals surface area (Å²) in [6.07, 6.45) is 2.00. The molecule has 4 rings (SSSR count). The van der Waals surface area contributed by atoms with Gasteiger partial charge in [0, 0.05) is 10.8 Å². The number of hydrogen-bond acceptors (Lipinski definition) is 4. The third-order valence-electron chi connectivity index (χ3n) is 8.54. The van der Waals surface area contributed by atoms with E-state index in [1.54, 1.807) is 26.8 Å². The van der Waals surface area contributed by atoms with E-state index in [-0.39, 0.29) is 30.1 Å². The summed E-state index contributed by atoms with van der Waals surface area (Å²) >= 11 is 7.16. The molecule has 0 amide bonds. The average Bonchev–Trinajstić information content (AvgIpc) is 2.81. The van der Waals surface area contributed by atoms with Gasteiger partial charge in [-0.15, -0.1) is 11.6 Å². The second-order valence-electron chi connectivity index (χ2n) is 9.57. The molecule has 3 saturated carbocycles. The molecule has 0 saturated heterocycles. The molecule has 0 bridgehead atoms. The van der Waals surface area contributed by atoms with Gasteiger partial charge in [0.05, 0.1) is 11.0 Å². The third-order valence-corrected chi connectivity index (χ3v) is 9.46. The minimum atomic E-state index is -2.02. The highest BCUT2D eigenvalue weighted by atomic mass is 35.5. The van der Waals surface area contributed by atoms with Crippen LogP contribution in [-0.2, 0) is 9.59 Å². The Bertz CT molecular complexity index is 826. The molecule has 5 nitrogen and oxygen atoms in total. The monoisotopic (exact) mass is 412 g/mol. The molecule has 0 unspecified atom stereocenters. The van der Waals surface area contributed by atoms with Gasteiger partial charge in [-0.3, -0.25) is 4.79 Å². The van der Waals surface area contributed by atoms with Crippen molar-refractivity contribution in [3.05, 3.63) is 23.8 Å². The highest BCUT2D eigenvalue weighted by Crippen LogP contribution is 2.71. The van der Waals surface area contributed by atoms with Crippen LogP contribution in [0.2, 0.25) is 0 Å². The first-order valence-electron chi connectivity index (χ1n) is 9.76. The minimum Gasteiger partial charge on any atom is -0.479 e. The summed E-state index contributed by atoms with van der Waals surface area (Å²) in [4.78, 5) is 22.6. The van der Waals surface area contributed by atoms with Gasteiger partial charge in [0.1, 0.15) is 6.17 Å². The maximum Gasteiger partial charge on any atom is 0.336 e. The van der Waals surface area contributed by atoms with Crippen molar-refractivity contribution in [1.29, 1.82) is 0 Å². The number of carboxylic acids is 1. The van der Waals surface area contributed by atoms with E-state index < -0.39 is 51.4 Å². The number of fused-ring (bicyclic) bond motifs is 5. The molecule has 0 aromatic carbocycles. The maximum atomic E-state index is 15.3. The SMILES string of the molecule is C[C@@H]1C[C@H]2[C@@H]3C[C@H](F)C4=CC(=O)C=C[C@]4(C)[C@@]3(Cl)[C@@H](O)C[C@]2(C)[C@@]1(O)C(=O)O. The zero-order valence-corrected chi connectivity index (χ0v) is 16.9. The van der Waals surface area contributed by atoms with E-state index in [1.165, 1.54) is 12.2 Å². The first-order chi connectivity index (χ1) is 12.8. The molecule has 0 radical (unpaired) electrons. The summed E-state index contributed by atoms with van der Waals surface area (Å²) in [6.45, 7) is 5.10. The highest BCUT2D eigenvalue weighted by molar-refractivity contribution is 6.26. The topological polar surface area (TPSA) is 94.8 Å². The lowest BCUT2D eigenvalue weighted by Crippen LogP contribution is -2.70. The molecule has 9 atom stereocenters. The van der Waals surface area contributed by atoms with E-state index in [2.05, 4.69) is 0 Å². The Morgan fingerprint density at radius 3 is 2.54 bits per heavy atom. The fourth-order valence-electron chi connectivity index (χ4n) is 7.00. The van der Waals surface area contributed by atoms with Crippen molar-refractivity contribution >= 4 is 23.4 Å². The summed E-state index contributed by atoms with van der Waals surface area (Å²) in [5, 5.41) is 32.2. The Kier molecular flexibility index (Phi) is 4.06. The number of alkyl halides is 2. The number of carbonyl (C=O) groups excluding carboxylic acids is 1. The lowest BCUT2D eigenvalue weighted by atomic mass is 9.45. The Balaban J connectivity index is 1.88. The molecule has 0 heterocycles. The zero-order chi connectivity index (χ0) is 20.9. The first kappa shape index (κ1) is 20.0. The van der Waals surface area contributed by atoms with Gasteiger partial charge in [-0.1, -0.05) is 26.8 Å². The Hall–Kier alpha value is -1.24. The summed E-state index contributed by atoms with van der Waals surface area (Å²) < 4.78 is 15.3. The summed E-state index contributed by atoms with van der Waals surface area (Å²) in [5.74, 6) is -3.10. The maximum absolute atomic E-state index is 15.3. The average molecular weight is 413 g/mol. The van der Waals surface area contributed by atoms with Gasteiger partial charge in [-0.25, -0.2) is 9.18 Å². The van der Waals surface area contributed by atoms with Crippen LogP contribution in [-0.4, -0.2) is 49.8 Å². The van der Waals surface area contributed by atoms with Gasteiger partial charge in [0.15, 0.2) is 11.4 Å². The van der Waals surface area contributed by atoms with E-state index >= 15 is 4.39 Å². The van der Waals surface area contributed by atoms with Crippen molar-refractivity contribution < 1.29 is 29.3 Å². The molecule has 4 aliphatic carbocycles. The van der Waals surface area contributed by atoms with E-state index in [0.29, 0.717) is 6.42 Å². The van der Waals surface area contributed by atoms with Crippen molar-refractivity contribution in [2.75, 3.05) is 0 Å². The standard InChI is InChI=1S/C21H26ClFO5/c1-10-6-12-13-8-15(23)14-7-11(24)4-5-18(14,2)20(13,22)16(25)9-19(12,3)21(10,28)17(26)27/h4-5,7,10,12-13,15-16,25,28H,6,8-9H2,1-3H3,(H,26,27)/t10-,12+,13+,15+,16+,18+,19+,20+,21+/m1/s1. The Morgan fingerprint density at radius 2 is 1.93 bits per heavy atom. The second-order valence-corrected chi connectivity index (χ2v) is 10.2. The van der Waals surface area contributed by atoms with Gasteiger partial charge < -0.3 is 15.3 Å². The van der Waals surface area contributed by atoms with Crippen LogP contribution < -0.4 is 0 Å². The van der Waals surface area contributed by atoms with Crippen molar-refractivity contribution in [3.63, 3.8) is 0 Å². The normalized spacial score (nSPS) is 55.2. The van der Waals surface area contributed by atoms with Crippen molar-refractivity contribution in [2.24, 2.45) is 28.6 Å². The van der Waals surface area contributed by atoms with Crippen molar-refractivity contribution in [1.82, 2.24) is 0 Å². The van der Waals surface area contributed by atoms with Gasteiger partial charge in [0.2, 0.25) is 0 Å². The molecule has 4 aliphatic rings. The number of rotatable bonds is 1. The molecule has 28 heavy (non-hydrogen) atoms. The second kappa shape index (κ2) is 5.67. The van der Waals surface area contributed by atoms with Gasteiger partial charge >= 0.3 is 5.97 Å². The molecule has 154 valence electrons.